The Labute approximate surface area is 84.0 Å². The number of ether oxygens (including phenoxy) is 1. The Morgan fingerprint density at radius 1 is 1.69 bits per heavy atom. The van der Waals surface area contributed by atoms with Gasteiger partial charge in [-0.05, 0) is 32.4 Å². The van der Waals surface area contributed by atoms with Crippen molar-refractivity contribution in [2.75, 3.05) is 19.6 Å². The molecular weight excluding hydrogens is 190 g/mol. The Kier molecular flexibility index (Phi) is 4.53. The largest absolute Gasteiger partial charge is 0.449 e. The molecule has 0 aromatic carbocycles. The van der Waals surface area contributed by atoms with E-state index >= 15 is 0 Å². The fourth-order valence-corrected chi connectivity index (χ4v) is 1.89. The van der Waals surface area contributed by atoms with Crippen molar-refractivity contribution in [1.82, 2.24) is 4.90 Å². The van der Waals surface area contributed by atoms with E-state index in [1.807, 2.05) is 0 Å². The molecule has 76 valence electrons. The molecule has 3 nitrogen and oxygen atoms in total. The second kappa shape index (κ2) is 5.45. The number of halogens is 1. The Hall–Kier alpha value is -0.280. The van der Waals surface area contributed by atoms with E-state index in [1.54, 1.807) is 0 Å². The van der Waals surface area contributed by atoms with Crippen LogP contribution < -0.4 is 0 Å². The van der Waals surface area contributed by atoms with Gasteiger partial charge in [0.15, 0.2) is 0 Å². The van der Waals surface area contributed by atoms with Crippen molar-refractivity contribution in [2.45, 2.75) is 32.3 Å². The van der Waals surface area contributed by atoms with Crippen LogP contribution in [0.3, 0.4) is 0 Å². The van der Waals surface area contributed by atoms with Gasteiger partial charge in [-0.3, -0.25) is 4.90 Å². The molecule has 1 atom stereocenters. The van der Waals surface area contributed by atoms with Crippen molar-refractivity contribution < 1.29 is 9.53 Å². The summed E-state index contributed by atoms with van der Waals surface area (Å²) in [5.41, 5.74) is -0.677. The Balaban J connectivity index is 2.28. The zero-order chi connectivity index (χ0) is 9.68. The minimum Gasteiger partial charge on any atom is -0.449 e. The van der Waals surface area contributed by atoms with Crippen molar-refractivity contribution >= 4 is 17.0 Å². The maximum absolute atomic E-state index is 10.5. The molecule has 0 amide bonds. The maximum atomic E-state index is 10.5. The topological polar surface area (TPSA) is 29.5 Å². The van der Waals surface area contributed by atoms with E-state index in [2.05, 4.69) is 11.8 Å². The molecule has 1 fully saturated rings. The molecule has 13 heavy (non-hydrogen) atoms. The molecule has 0 N–H and O–H groups in total. The molecule has 0 spiro atoms. The van der Waals surface area contributed by atoms with E-state index in [1.165, 1.54) is 0 Å². The summed E-state index contributed by atoms with van der Waals surface area (Å²) in [5.74, 6) is 0. The third kappa shape index (κ3) is 3.96. The second-order valence-electron chi connectivity index (χ2n) is 3.42. The van der Waals surface area contributed by atoms with Crippen molar-refractivity contribution in [3.63, 3.8) is 0 Å². The number of carbonyl (C=O) groups excluding carboxylic acids is 1. The lowest BCUT2D eigenvalue weighted by molar-refractivity contribution is 0.0561. The van der Waals surface area contributed by atoms with Crippen LogP contribution in [0.2, 0.25) is 0 Å². The fourth-order valence-electron chi connectivity index (χ4n) is 1.76. The summed E-state index contributed by atoms with van der Waals surface area (Å²) in [7, 11) is 0. The molecule has 1 saturated heterocycles. The minimum absolute atomic E-state index is 0.00491. The van der Waals surface area contributed by atoms with Crippen LogP contribution in [0.25, 0.3) is 0 Å². The Morgan fingerprint density at radius 3 is 3.08 bits per heavy atom. The zero-order valence-electron chi connectivity index (χ0n) is 7.96. The van der Waals surface area contributed by atoms with E-state index in [0.717, 1.165) is 38.9 Å². The van der Waals surface area contributed by atoms with Crippen molar-refractivity contribution in [2.24, 2.45) is 0 Å². The lowest BCUT2D eigenvalue weighted by atomic mass is 10.1. The van der Waals surface area contributed by atoms with Crippen molar-refractivity contribution in [3.8, 4) is 0 Å². The molecule has 1 aliphatic rings. The predicted octanol–water partition coefficient (Wildman–Crippen LogP) is 2.24. The molecule has 1 heterocycles. The van der Waals surface area contributed by atoms with Crippen LogP contribution >= 0.6 is 11.6 Å². The number of carbonyl (C=O) groups is 1. The van der Waals surface area contributed by atoms with Crippen molar-refractivity contribution in [1.29, 1.82) is 0 Å². The van der Waals surface area contributed by atoms with Crippen molar-refractivity contribution in [3.05, 3.63) is 0 Å². The number of piperidine rings is 1. The van der Waals surface area contributed by atoms with Gasteiger partial charge in [-0.25, -0.2) is 4.79 Å². The van der Waals surface area contributed by atoms with Crippen LogP contribution in [0.1, 0.15) is 26.2 Å². The molecule has 0 aromatic rings. The van der Waals surface area contributed by atoms with Crippen LogP contribution in [-0.2, 0) is 4.74 Å². The lowest BCUT2D eigenvalue weighted by Gasteiger charge is -2.31. The van der Waals surface area contributed by atoms with Gasteiger partial charge < -0.3 is 4.74 Å². The summed E-state index contributed by atoms with van der Waals surface area (Å²) in [6.45, 7) is 5.18. The summed E-state index contributed by atoms with van der Waals surface area (Å²) >= 11 is 5.16. The Morgan fingerprint density at radius 2 is 2.46 bits per heavy atom. The minimum atomic E-state index is -0.677. The van der Waals surface area contributed by atoms with Crippen LogP contribution in [0.15, 0.2) is 0 Å². The summed E-state index contributed by atoms with van der Waals surface area (Å²) in [6, 6.07) is 0. The predicted molar refractivity (Wildman–Crippen MR) is 52.1 cm³/mol. The molecular formula is C9H16ClNO2. The third-order valence-electron chi connectivity index (χ3n) is 2.26. The van der Waals surface area contributed by atoms with Gasteiger partial charge in [0.25, 0.3) is 0 Å². The highest BCUT2D eigenvalue weighted by Gasteiger charge is 2.21. The van der Waals surface area contributed by atoms with Crippen LogP contribution in [0, 0.1) is 0 Å². The van der Waals surface area contributed by atoms with Gasteiger partial charge in [0.05, 0.1) is 0 Å². The lowest BCUT2D eigenvalue weighted by Crippen LogP contribution is -2.40. The zero-order valence-corrected chi connectivity index (χ0v) is 8.72. The van der Waals surface area contributed by atoms with Gasteiger partial charge in [-0.15, -0.1) is 0 Å². The maximum Gasteiger partial charge on any atom is 0.404 e. The molecule has 0 aromatic heterocycles. The molecule has 4 heteroatoms. The van der Waals surface area contributed by atoms with Crippen LogP contribution in [0.4, 0.5) is 4.79 Å². The van der Waals surface area contributed by atoms with Gasteiger partial charge in [-0.1, -0.05) is 6.92 Å². The first-order valence-corrected chi connectivity index (χ1v) is 5.18. The van der Waals surface area contributed by atoms with E-state index in [9.17, 15) is 4.79 Å². The molecule has 0 bridgehead atoms. The Bertz CT molecular complexity index is 173. The van der Waals surface area contributed by atoms with Gasteiger partial charge in [0.2, 0.25) is 0 Å². The highest BCUT2D eigenvalue weighted by molar-refractivity contribution is 6.61. The summed E-state index contributed by atoms with van der Waals surface area (Å²) in [5, 5.41) is 0. The molecule has 1 unspecified atom stereocenters. The molecule has 0 aliphatic carbocycles. The van der Waals surface area contributed by atoms with Crippen LogP contribution in [0.5, 0.6) is 0 Å². The first-order chi connectivity index (χ1) is 6.22. The van der Waals surface area contributed by atoms with Gasteiger partial charge in [0.1, 0.15) is 6.10 Å². The quantitative estimate of drug-likeness (QED) is 0.662. The number of likely N-dealkylation sites (tertiary alicyclic amines) is 1. The highest BCUT2D eigenvalue weighted by atomic mass is 35.5. The average Bonchev–Trinajstić information content (AvgIpc) is 2.04. The standard InChI is InChI=1S/C9H16ClNO2/c1-2-5-11-6-3-4-8(7-11)13-9(10)12/h8H,2-7H2,1H3. The molecule has 0 radical (unpaired) electrons. The monoisotopic (exact) mass is 205 g/mol. The first-order valence-electron chi connectivity index (χ1n) is 4.81. The summed E-state index contributed by atoms with van der Waals surface area (Å²) in [4.78, 5) is 12.8. The number of hydrogen-bond donors (Lipinski definition) is 0. The van der Waals surface area contributed by atoms with E-state index in [-0.39, 0.29) is 6.10 Å². The average molecular weight is 206 g/mol. The normalized spacial score (nSPS) is 24.3. The first kappa shape index (κ1) is 10.8. The highest BCUT2D eigenvalue weighted by Crippen LogP contribution is 2.14. The van der Waals surface area contributed by atoms with E-state index in [4.69, 9.17) is 16.3 Å². The summed E-state index contributed by atoms with van der Waals surface area (Å²) < 4.78 is 4.95. The molecule has 1 aliphatic heterocycles. The van der Waals surface area contributed by atoms with Gasteiger partial charge >= 0.3 is 5.43 Å². The molecule has 0 saturated carbocycles. The number of nitrogens with zero attached hydrogens (tertiary/aromatic N) is 1. The smallest absolute Gasteiger partial charge is 0.404 e. The molecule has 1 rings (SSSR count). The van der Waals surface area contributed by atoms with Gasteiger partial charge in [0, 0.05) is 18.1 Å². The SMILES string of the molecule is CCCN1CCCC(OC(=O)Cl)C1. The van der Waals surface area contributed by atoms with E-state index in [0.29, 0.717) is 0 Å². The fraction of sp³-hybridized carbons (Fsp3) is 0.889. The summed E-state index contributed by atoms with van der Waals surface area (Å²) in [6.07, 6.45) is 3.18. The second-order valence-corrected chi connectivity index (χ2v) is 3.73. The van der Waals surface area contributed by atoms with Crippen LogP contribution in [-0.4, -0.2) is 36.1 Å². The third-order valence-corrected chi connectivity index (χ3v) is 2.35. The number of rotatable bonds is 3. The van der Waals surface area contributed by atoms with Gasteiger partial charge in [-0.2, -0.15) is 0 Å². The van der Waals surface area contributed by atoms with E-state index < -0.39 is 5.43 Å². The number of hydrogen-bond acceptors (Lipinski definition) is 3.